The van der Waals surface area contributed by atoms with Crippen LogP contribution in [0.2, 0.25) is 0 Å². The van der Waals surface area contributed by atoms with Gasteiger partial charge in [0.2, 0.25) is 10.0 Å². The normalized spacial score (nSPS) is 26.4. The third-order valence-corrected chi connectivity index (χ3v) is 5.98. The van der Waals surface area contributed by atoms with Crippen molar-refractivity contribution in [3.05, 3.63) is 30.1 Å². The molecule has 1 aromatic rings. The van der Waals surface area contributed by atoms with Crippen LogP contribution in [0.15, 0.2) is 29.2 Å². The van der Waals surface area contributed by atoms with Crippen LogP contribution in [0, 0.1) is 5.82 Å². The first-order valence-corrected chi connectivity index (χ1v) is 8.66. The van der Waals surface area contributed by atoms with Gasteiger partial charge in [0, 0.05) is 0 Å². The van der Waals surface area contributed by atoms with E-state index >= 15 is 0 Å². The van der Waals surface area contributed by atoms with E-state index in [-0.39, 0.29) is 4.90 Å². The standard InChI is InChI=1S/C10H12FNO5S2/c11-7-1-3-8(4-2-7)19(16,17)12-9-5-18(14,15)6-10(9)13/h1-4,9-10,12-13H,5-6H2/t9-,10+/m0/s1. The first-order valence-electron chi connectivity index (χ1n) is 5.36. The SMILES string of the molecule is O=S1(=O)C[C@@H](O)[C@@H](NS(=O)(=O)c2ccc(F)cc2)C1. The molecular formula is C10H12FNO5S2. The number of halogens is 1. The van der Waals surface area contributed by atoms with E-state index in [2.05, 4.69) is 4.72 Å². The molecule has 0 bridgehead atoms. The van der Waals surface area contributed by atoms with E-state index in [1.54, 1.807) is 0 Å². The number of benzene rings is 1. The predicted molar refractivity (Wildman–Crippen MR) is 65.2 cm³/mol. The molecule has 0 amide bonds. The Balaban J connectivity index is 2.21. The molecule has 0 saturated carbocycles. The van der Waals surface area contributed by atoms with E-state index in [1.165, 1.54) is 0 Å². The maximum atomic E-state index is 12.7. The Labute approximate surface area is 110 Å². The van der Waals surface area contributed by atoms with Crippen molar-refractivity contribution in [3.63, 3.8) is 0 Å². The summed E-state index contributed by atoms with van der Waals surface area (Å²) in [5.74, 6) is -1.50. The van der Waals surface area contributed by atoms with Crippen molar-refractivity contribution < 1.29 is 26.3 Å². The molecule has 2 rings (SSSR count). The Bertz CT molecular complexity index is 668. The fourth-order valence-corrected chi connectivity index (χ4v) is 4.94. The second-order valence-corrected chi connectivity index (χ2v) is 8.19. The van der Waals surface area contributed by atoms with Gasteiger partial charge in [-0.2, -0.15) is 0 Å². The second-order valence-electron chi connectivity index (χ2n) is 4.33. The maximum absolute atomic E-state index is 12.7. The summed E-state index contributed by atoms with van der Waals surface area (Å²) < 4.78 is 61.2. The van der Waals surface area contributed by atoms with E-state index in [1.807, 2.05) is 0 Å². The Morgan fingerprint density at radius 2 is 1.79 bits per heavy atom. The maximum Gasteiger partial charge on any atom is 0.240 e. The second kappa shape index (κ2) is 4.82. The van der Waals surface area contributed by atoms with Crippen LogP contribution in [0.1, 0.15) is 0 Å². The number of sulfone groups is 1. The zero-order chi connectivity index (χ0) is 14.3. The van der Waals surface area contributed by atoms with Crippen molar-refractivity contribution in [2.75, 3.05) is 11.5 Å². The zero-order valence-electron chi connectivity index (χ0n) is 9.65. The molecule has 19 heavy (non-hydrogen) atoms. The molecule has 2 atom stereocenters. The average Bonchev–Trinajstić information content (AvgIpc) is 2.51. The number of hydrogen-bond acceptors (Lipinski definition) is 5. The Hall–Kier alpha value is -1.03. The fraction of sp³-hybridized carbons (Fsp3) is 0.400. The Morgan fingerprint density at radius 1 is 1.21 bits per heavy atom. The molecule has 0 aliphatic carbocycles. The molecule has 1 heterocycles. The number of rotatable bonds is 3. The third kappa shape index (κ3) is 3.30. The highest BCUT2D eigenvalue weighted by molar-refractivity contribution is 7.92. The number of aliphatic hydroxyl groups excluding tert-OH is 1. The molecule has 0 aromatic heterocycles. The van der Waals surface area contributed by atoms with E-state index < -0.39 is 49.3 Å². The van der Waals surface area contributed by atoms with E-state index in [0.29, 0.717) is 0 Å². The summed E-state index contributed by atoms with van der Waals surface area (Å²) >= 11 is 0. The van der Waals surface area contributed by atoms with Gasteiger partial charge in [-0.15, -0.1) is 0 Å². The molecule has 6 nitrogen and oxygen atoms in total. The minimum atomic E-state index is -3.98. The van der Waals surface area contributed by atoms with Crippen molar-refractivity contribution >= 4 is 19.9 Å². The van der Waals surface area contributed by atoms with Crippen LogP contribution >= 0.6 is 0 Å². The van der Waals surface area contributed by atoms with Crippen molar-refractivity contribution in [2.24, 2.45) is 0 Å². The van der Waals surface area contributed by atoms with Gasteiger partial charge < -0.3 is 5.11 Å². The quantitative estimate of drug-likeness (QED) is 0.766. The average molecular weight is 309 g/mol. The smallest absolute Gasteiger partial charge is 0.240 e. The monoisotopic (exact) mass is 309 g/mol. The van der Waals surface area contributed by atoms with Crippen LogP contribution in [-0.4, -0.2) is 45.6 Å². The summed E-state index contributed by atoms with van der Waals surface area (Å²) in [6, 6.07) is 3.01. The van der Waals surface area contributed by atoms with Crippen LogP contribution in [0.25, 0.3) is 0 Å². The third-order valence-electron chi connectivity index (χ3n) is 2.75. The minimum absolute atomic E-state index is 0.189. The highest BCUT2D eigenvalue weighted by atomic mass is 32.2. The van der Waals surface area contributed by atoms with Crippen molar-refractivity contribution in [1.29, 1.82) is 0 Å². The van der Waals surface area contributed by atoms with Crippen LogP contribution in [-0.2, 0) is 19.9 Å². The summed E-state index contributed by atoms with van der Waals surface area (Å²) in [6.45, 7) is 0. The molecule has 1 fully saturated rings. The molecule has 1 saturated heterocycles. The summed E-state index contributed by atoms with van der Waals surface area (Å²) in [5, 5.41) is 9.51. The van der Waals surface area contributed by atoms with Crippen LogP contribution < -0.4 is 4.72 Å². The lowest BCUT2D eigenvalue weighted by Crippen LogP contribution is -2.42. The van der Waals surface area contributed by atoms with Gasteiger partial charge in [-0.1, -0.05) is 0 Å². The molecule has 2 N–H and O–H groups in total. The molecule has 0 spiro atoms. The highest BCUT2D eigenvalue weighted by Crippen LogP contribution is 2.16. The highest BCUT2D eigenvalue weighted by Gasteiger charge is 2.38. The van der Waals surface area contributed by atoms with Gasteiger partial charge in [0.05, 0.1) is 28.5 Å². The lowest BCUT2D eigenvalue weighted by Gasteiger charge is -2.15. The van der Waals surface area contributed by atoms with Crippen molar-refractivity contribution in [2.45, 2.75) is 17.0 Å². The molecule has 9 heteroatoms. The number of aliphatic hydroxyl groups is 1. The first kappa shape index (κ1) is 14.4. The molecule has 0 radical (unpaired) electrons. The fourth-order valence-electron chi connectivity index (χ4n) is 1.82. The molecule has 1 aliphatic heterocycles. The molecule has 106 valence electrons. The zero-order valence-corrected chi connectivity index (χ0v) is 11.3. The van der Waals surface area contributed by atoms with Gasteiger partial charge in [0.15, 0.2) is 9.84 Å². The number of hydrogen-bond donors (Lipinski definition) is 2. The summed E-state index contributed by atoms with van der Waals surface area (Å²) in [5.41, 5.74) is 0. The molecule has 0 unspecified atom stereocenters. The van der Waals surface area contributed by atoms with Gasteiger partial charge in [-0.3, -0.25) is 0 Å². The minimum Gasteiger partial charge on any atom is -0.390 e. The summed E-state index contributed by atoms with van der Waals surface area (Å²) in [6.07, 6.45) is -1.28. The number of sulfonamides is 1. The first-order chi connectivity index (χ1) is 8.70. The Morgan fingerprint density at radius 3 is 2.26 bits per heavy atom. The van der Waals surface area contributed by atoms with Gasteiger partial charge in [-0.05, 0) is 24.3 Å². The van der Waals surface area contributed by atoms with Crippen molar-refractivity contribution in [3.8, 4) is 0 Å². The lowest BCUT2D eigenvalue weighted by atomic mass is 10.2. The summed E-state index contributed by atoms with van der Waals surface area (Å²) in [4.78, 5) is -0.189. The van der Waals surface area contributed by atoms with E-state index in [9.17, 15) is 26.3 Å². The van der Waals surface area contributed by atoms with Crippen LogP contribution in [0.3, 0.4) is 0 Å². The van der Waals surface area contributed by atoms with Gasteiger partial charge >= 0.3 is 0 Å². The Kier molecular flexibility index (Phi) is 3.65. The molecule has 1 aromatic carbocycles. The van der Waals surface area contributed by atoms with Crippen molar-refractivity contribution in [1.82, 2.24) is 4.72 Å². The largest absolute Gasteiger partial charge is 0.390 e. The number of nitrogens with one attached hydrogen (secondary N) is 1. The van der Waals surface area contributed by atoms with Crippen LogP contribution in [0.5, 0.6) is 0 Å². The molecular weight excluding hydrogens is 297 g/mol. The van der Waals surface area contributed by atoms with Gasteiger partial charge in [0.1, 0.15) is 5.82 Å². The summed E-state index contributed by atoms with van der Waals surface area (Å²) in [7, 11) is -7.43. The topological polar surface area (TPSA) is 101 Å². The van der Waals surface area contributed by atoms with E-state index in [0.717, 1.165) is 24.3 Å². The predicted octanol–water partition coefficient (Wildman–Crippen LogP) is -0.738. The lowest BCUT2D eigenvalue weighted by molar-refractivity contribution is 0.176. The molecule has 1 aliphatic rings. The van der Waals surface area contributed by atoms with Crippen LogP contribution in [0.4, 0.5) is 4.39 Å². The van der Waals surface area contributed by atoms with Gasteiger partial charge in [-0.25, -0.2) is 25.9 Å². The van der Waals surface area contributed by atoms with Gasteiger partial charge in [0.25, 0.3) is 0 Å². The van der Waals surface area contributed by atoms with E-state index in [4.69, 9.17) is 0 Å².